The molecular formula is C10H9N3O2. The first-order valence-corrected chi connectivity index (χ1v) is 4.41. The van der Waals surface area contributed by atoms with Gasteiger partial charge in [-0.25, -0.2) is 0 Å². The third kappa shape index (κ3) is 1.71. The number of benzene rings is 1. The molecule has 2 N–H and O–H groups in total. The fourth-order valence-electron chi connectivity index (χ4n) is 1.43. The van der Waals surface area contributed by atoms with E-state index in [1.807, 2.05) is 0 Å². The number of hydrogen-bond donors (Lipinski definition) is 1. The predicted octanol–water partition coefficient (Wildman–Crippen LogP) is -0.118. The molecule has 0 aliphatic rings. The Morgan fingerprint density at radius 2 is 2.13 bits per heavy atom. The number of nitrogens with two attached hydrogens (primary N) is 1. The molecule has 0 fully saturated rings. The molecule has 0 radical (unpaired) electrons. The zero-order chi connectivity index (χ0) is 10.8. The number of nitrogens with zero attached hydrogens (tertiary/aromatic N) is 2. The summed E-state index contributed by atoms with van der Waals surface area (Å²) >= 11 is 0. The van der Waals surface area contributed by atoms with Crippen molar-refractivity contribution in [2.45, 2.75) is 6.54 Å². The third-order valence-electron chi connectivity index (χ3n) is 2.07. The van der Waals surface area contributed by atoms with Crippen molar-refractivity contribution in [1.82, 2.24) is 9.78 Å². The van der Waals surface area contributed by atoms with Crippen molar-refractivity contribution >= 4 is 16.8 Å². The maximum atomic E-state index is 11.4. The SMILES string of the molecule is NC(=O)Cn1ncc(=O)c2ccccc21. The molecule has 0 aliphatic carbocycles. The van der Waals surface area contributed by atoms with Gasteiger partial charge in [-0.3, -0.25) is 14.3 Å². The molecule has 0 spiro atoms. The van der Waals surface area contributed by atoms with Crippen LogP contribution < -0.4 is 11.2 Å². The van der Waals surface area contributed by atoms with Gasteiger partial charge < -0.3 is 5.73 Å². The van der Waals surface area contributed by atoms with Crippen molar-refractivity contribution in [2.24, 2.45) is 5.73 Å². The zero-order valence-corrected chi connectivity index (χ0v) is 7.88. The topological polar surface area (TPSA) is 78.0 Å². The number of amides is 1. The quantitative estimate of drug-likeness (QED) is 0.739. The molecule has 2 aromatic rings. The molecule has 2 rings (SSSR count). The van der Waals surface area contributed by atoms with Crippen LogP contribution in [0, 0.1) is 0 Å². The number of rotatable bonds is 2. The van der Waals surface area contributed by atoms with E-state index in [9.17, 15) is 9.59 Å². The normalized spacial score (nSPS) is 10.4. The molecule has 5 heteroatoms. The highest BCUT2D eigenvalue weighted by Gasteiger charge is 2.04. The molecular weight excluding hydrogens is 194 g/mol. The Labute approximate surface area is 85.1 Å². The summed E-state index contributed by atoms with van der Waals surface area (Å²) in [5.74, 6) is -0.490. The Morgan fingerprint density at radius 3 is 2.87 bits per heavy atom. The fourth-order valence-corrected chi connectivity index (χ4v) is 1.43. The Hall–Kier alpha value is -2.17. The molecule has 1 aromatic carbocycles. The number of carbonyl (C=O) groups is 1. The van der Waals surface area contributed by atoms with Gasteiger partial charge in [0.1, 0.15) is 6.54 Å². The van der Waals surface area contributed by atoms with E-state index in [2.05, 4.69) is 5.10 Å². The lowest BCUT2D eigenvalue weighted by atomic mass is 10.2. The molecule has 0 aliphatic heterocycles. The van der Waals surface area contributed by atoms with Crippen molar-refractivity contribution in [1.29, 1.82) is 0 Å². The van der Waals surface area contributed by atoms with Gasteiger partial charge in [0.2, 0.25) is 11.3 Å². The van der Waals surface area contributed by atoms with Gasteiger partial charge in [0.15, 0.2) is 0 Å². The minimum Gasteiger partial charge on any atom is -0.368 e. The monoisotopic (exact) mass is 203 g/mol. The van der Waals surface area contributed by atoms with Gasteiger partial charge >= 0.3 is 0 Å². The lowest BCUT2D eigenvalue weighted by molar-refractivity contribution is -0.118. The molecule has 15 heavy (non-hydrogen) atoms. The van der Waals surface area contributed by atoms with Crippen LogP contribution in [-0.2, 0) is 11.3 Å². The Kier molecular flexibility index (Phi) is 2.21. The van der Waals surface area contributed by atoms with Gasteiger partial charge in [-0.1, -0.05) is 12.1 Å². The molecule has 0 bridgehead atoms. The summed E-state index contributed by atoms with van der Waals surface area (Å²) in [5.41, 5.74) is 5.53. The molecule has 0 saturated carbocycles. The van der Waals surface area contributed by atoms with Crippen LogP contribution in [0.1, 0.15) is 0 Å². The van der Waals surface area contributed by atoms with Crippen LogP contribution in [0.25, 0.3) is 10.9 Å². The molecule has 1 amide bonds. The van der Waals surface area contributed by atoms with Crippen LogP contribution in [-0.4, -0.2) is 15.7 Å². The maximum absolute atomic E-state index is 11.4. The number of carbonyl (C=O) groups excluding carboxylic acids is 1. The average Bonchev–Trinajstić information content (AvgIpc) is 2.22. The second kappa shape index (κ2) is 3.53. The van der Waals surface area contributed by atoms with Gasteiger partial charge in [0.25, 0.3) is 0 Å². The first-order chi connectivity index (χ1) is 7.18. The van der Waals surface area contributed by atoms with E-state index in [0.29, 0.717) is 10.9 Å². The molecule has 0 saturated heterocycles. The number of aromatic nitrogens is 2. The van der Waals surface area contributed by atoms with Crippen molar-refractivity contribution in [2.75, 3.05) is 0 Å². The number of fused-ring (bicyclic) bond motifs is 1. The van der Waals surface area contributed by atoms with E-state index in [-0.39, 0.29) is 12.0 Å². The highest BCUT2D eigenvalue weighted by molar-refractivity contribution is 5.80. The molecule has 5 nitrogen and oxygen atoms in total. The summed E-state index contributed by atoms with van der Waals surface area (Å²) in [7, 11) is 0. The van der Waals surface area contributed by atoms with E-state index in [1.54, 1.807) is 24.3 Å². The van der Waals surface area contributed by atoms with Gasteiger partial charge in [0, 0.05) is 5.39 Å². The van der Waals surface area contributed by atoms with Gasteiger partial charge in [-0.15, -0.1) is 0 Å². The van der Waals surface area contributed by atoms with Crippen LogP contribution >= 0.6 is 0 Å². The predicted molar refractivity (Wildman–Crippen MR) is 55.2 cm³/mol. The second-order valence-corrected chi connectivity index (χ2v) is 3.15. The summed E-state index contributed by atoms with van der Waals surface area (Å²) in [6.45, 7) is -0.0270. The Balaban J connectivity index is 2.71. The van der Waals surface area contributed by atoms with E-state index in [4.69, 9.17) is 5.73 Å². The summed E-state index contributed by atoms with van der Waals surface area (Å²) in [6.07, 6.45) is 1.19. The van der Waals surface area contributed by atoms with Crippen molar-refractivity contribution in [3.8, 4) is 0 Å². The van der Waals surface area contributed by atoms with Crippen LogP contribution in [0.15, 0.2) is 35.3 Å². The van der Waals surface area contributed by atoms with Gasteiger partial charge in [-0.05, 0) is 12.1 Å². The summed E-state index contributed by atoms with van der Waals surface area (Å²) in [6, 6.07) is 6.96. The number of para-hydroxylation sites is 1. The van der Waals surface area contributed by atoms with Crippen molar-refractivity contribution < 1.29 is 4.79 Å². The minimum atomic E-state index is -0.490. The van der Waals surface area contributed by atoms with Crippen LogP contribution in [0.3, 0.4) is 0 Å². The van der Waals surface area contributed by atoms with Crippen LogP contribution in [0.5, 0.6) is 0 Å². The summed E-state index contributed by atoms with van der Waals surface area (Å²) in [4.78, 5) is 22.2. The highest BCUT2D eigenvalue weighted by Crippen LogP contribution is 2.06. The minimum absolute atomic E-state index is 0.0270. The van der Waals surface area contributed by atoms with Crippen LogP contribution in [0.4, 0.5) is 0 Å². The van der Waals surface area contributed by atoms with Gasteiger partial charge in [0.05, 0.1) is 11.7 Å². The zero-order valence-electron chi connectivity index (χ0n) is 7.88. The summed E-state index contributed by atoms with van der Waals surface area (Å²) < 4.78 is 1.42. The van der Waals surface area contributed by atoms with E-state index < -0.39 is 5.91 Å². The van der Waals surface area contributed by atoms with E-state index in [0.717, 1.165) is 0 Å². The largest absolute Gasteiger partial charge is 0.368 e. The molecule has 1 aromatic heterocycles. The lowest BCUT2D eigenvalue weighted by Gasteiger charge is -2.05. The first kappa shape index (κ1) is 9.39. The van der Waals surface area contributed by atoms with Gasteiger partial charge in [-0.2, -0.15) is 5.10 Å². The molecule has 76 valence electrons. The number of hydrogen-bond acceptors (Lipinski definition) is 3. The Bertz CT molecular complexity index is 574. The molecule has 0 unspecified atom stereocenters. The van der Waals surface area contributed by atoms with E-state index in [1.165, 1.54) is 10.9 Å². The maximum Gasteiger partial charge on any atom is 0.239 e. The summed E-state index contributed by atoms with van der Waals surface area (Å²) in [5, 5.41) is 4.39. The smallest absolute Gasteiger partial charge is 0.239 e. The van der Waals surface area contributed by atoms with Crippen molar-refractivity contribution in [3.05, 3.63) is 40.7 Å². The fraction of sp³-hybridized carbons (Fsp3) is 0.100. The van der Waals surface area contributed by atoms with E-state index >= 15 is 0 Å². The number of primary amides is 1. The second-order valence-electron chi connectivity index (χ2n) is 3.15. The highest BCUT2D eigenvalue weighted by atomic mass is 16.1. The molecule has 0 atom stereocenters. The van der Waals surface area contributed by atoms with Crippen LogP contribution in [0.2, 0.25) is 0 Å². The molecule has 1 heterocycles. The lowest BCUT2D eigenvalue weighted by Crippen LogP contribution is -2.22. The average molecular weight is 203 g/mol. The Morgan fingerprint density at radius 1 is 1.40 bits per heavy atom. The standard InChI is InChI=1S/C10H9N3O2/c11-10(15)6-13-8-4-2-1-3-7(8)9(14)5-12-13/h1-5H,6H2,(H2,11,15). The van der Waals surface area contributed by atoms with Crippen molar-refractivity contribution in [3.63, 3.8) is 0 Å². The first-order valence-electron chi connectivity index (χ1n) is 4.41. The third-order valence-corrected chi connectivity index (χ3v) is 2.07.